The summed E-state index contributed by atoms with van der Waals surface area (Å²) in [5, 5.41) is 3.36. The summed E-state index contributed by atoms with van der Waals surface area (Å²) in [6.45, 7) is 6.07. The van der Waals surface area contributed by atoms with Crippen LogP contribution in [0.25, 0.3) is 0 Å². The first-order valence-corrected chi connectivity index (χ1v) is 6.37. The fraction of sp³-hybridized carbons (Fsp3) is 0.500. The Kier molecular flexibility index (Phi) is 3.67. The van der Waals surface area contributed by atoms with E-state index >= 15 is 0 Å². The standard InChI is InChI=1S/C14H20N2O/c1-3-8-15-12-6-7-13(11(2)10-12)16-9-4-5-14(16)17/h6-7,10,15H,3-5,8-9H2,1-2H3. The van der Waals surface area contributed by atoms with Crippen molar-refractivity contribution in [2.24, 2.45) is 0 Å². The molecule has 1 aliphatic heterocycles. The number of amides is 1. The third-order valence-corrected chi connectivity index (χ3v) is 3.14. The van der Waals surface area contributed by atoms with Gasteiger partial charge in [-0.3, -0.25) is 4.79 Å². The van der Waals surface area contributed by atoms with Gasteiger partial charge in [0.25, 0.3) is 0 Å². The van der Waals surface area contributed by atoms with Gasteiger partial charge in [0.1, 0.15) is 0 Å². The second-order valence-corrected chi connectivity index (χ2v) is 4.58. The van der Waals surface area contributed by atoms with Gasteiger partial charge in [-0.15, -0.1) is 0 Å². The summed E-state index contributed by atoms with van der Waals surface area (Å²) in [5.74, 6) is 0.252. The third-order valence-electron chi connectivity index (χ3n) is 3.14. The van der Waals surface area contributed by atoms with E-state index in [0.717, 1.165) is 37.3 Å². The summed E-state index contributed by atoms with van der Waals surface area (Å²) in [6.07, 6.45) is 2.79. The normalized spacial score (nSPS) is 15.4. The molecule has 1 aliphatic rings. The molecular weight excluding hydrogens is 212 g/mol. The van der Waals surface area contributed by atoms with Gasteiger partial charge in [0, 0.05) is 30.9 Å². The van der Waals surface area contributed by atoms with Crippen molar-refractivity contribution in [1.82, 2.24) is 0 Å². The van der Waals surface area contributed by atoms with Crippen molar-refractivity contribution in [3.63, 3.8) is 0 Å². The van der Waals surface area contributed by atoms with Gasteiger partial charge in [-0.1, -0.05) is 6.92 Å². The van der Waals surface area contributed by atoms with Crippen LogP contribution in [0.2, 0.25) is 0 Å². The van der Waals surface area contributed by atoms with Crippen molar-refractivity contribution < 1.29 is 4.79 Å². The molecule has 2 rings (SSSR count). The van der Waals surface area contributed by atoms with E-state index in [1.165, 1.54) is 5.56 Å². The number of benzene rings is 1. The van der Waals surface area contributed by atoms with Crippen molar-refractivity contribution in [3.05, 3.63) is 23.8 Å². The smallest absolute Gasteiger partial charge is 0.227 e. The fourth-order valence-corrected chi connectivity index (χ4v) is 2.24. The Labute approximate surface area is 103 Å². The molecule has 0 aromatic heterocycles. The van der Waals surface area contributed by atoms with Gasteiger partial charge in [0.05, 0.1) is 0 Å². The maximum absolute atomic E-state index is 11.7. The first-order valence-electron chi connectivity index (χ1n) is 6.37. The van der Waals surface area contributed by atoms with E-state index in [0.29, 0.717) is 6.42 Å². The molecule has 0 saturated carbocycles. The average Bonchev–Trinajstić information content (AvgIpc) is 2.73. The van der Waals surface area contributed by atoms with Gasteiger partial charge in [0.2, 0.25) is 5.91 Å². The van der Waals surface area contributed by atoms with Gasteiger partial charge < -0.3 is 10.2 Å². The molecule has 0 aliphatic carbocycles. The molecule has 0 bridgehead atoms. The highest BCUT2D eigenvalue weighted by Crippen LogP contribution is 2.27. The number of hydrogen-bond acceptors (Lipinski definition) is 2. The maximum atomic E-state index is 11.7. The van der Waals surface area contributed by atoms with Gasteiger partial charge in [0.15, 0.2) is 0 Å². The minimum Gasteiger partial charge on any atom is -0.385 e. The van der Waals surface area contributed by atoms with Crippen LogP contribution in [-0.2, 0) is 4.79 Å². The highest BCUT2D eigenvalue weighted by atomic mass is 16.2. The Morgan fingerprint density at radius 1 is 1.41 bits per heavy atom. The summed E-state index contributed by atoms with van der Waals surface area (Å²) in [4.78, 5) is 13.6. The molecule has 1 heterocycles. The zero-order valence-electron chi connectivity index (χ0n) is 10.6. The molecule has 0 spiro atoms. The number of hydrogen-bond donors (Lipinski definition) is 1. The predicted molar refractivity (Wildman–Crippen MR) is 71.5 cm³/mol. The number of carbonyl (C=O) groups excluding carboxylic acids is 1. The number of nitrogens with one attached hydrogen (secondary N) is 1. The molecule has 1 aromatic carbocycles. The first-order chi connectivity index (χ1) is 8.22. The number of anilines is 2. The van der Waals surface area contributed by atoms with E-state index in [2.05, 4.69) is 37.4 Å². The molecule has 1 aromatic rings. The Morgan fingerprint density at radius 3 is 2.82 bits per heavy atom. The van der Waals surface area contributed by atoms with E-state index in [1.807, 2.05) is 4.90 Å². The van der Waals surface area contributed by atoms with E-state index in [9.17, 15) is 4.79 Å². The molecule has 0 atom stereocenters. The lowest BCUT2D eigenvalue weighted by molar-refractivity contribution is -0.117. The molecule has 3 heteroatoms. The number of carbonyl (C=O) groups is 1. The number of rotatable bonds is 4. The Bertz CT molecular complexity index is 415. The Morgan fingerprint density at radius 2 is 2.24 bits per heavy atom. The highest BCUT2D eigenvalue weighted by Gasteiger charge is 2.22. The molecule has 0 unspecified atom stereocenters. The van der Waals surface area contributed by atoms with Crippen molar-refractivity contribution in [2.45, 2.75) is 33.1 Å². The van der Waals surface area contributed by atoms with Gasteiger partial charge in [-0.25, -0.2) is 0 Å². The van der Waals surface area contributed by atoms with Crippen LogP contribution in [0.15, 0.2) is 18.2 Å². The van der Waals surface area contributed by atoms with Crippen LogP contribution < -0.4 is 10.2 Å². The largest absolute Gasteiger partial charge is 0.385 e. The lowest BCUT2D eigenvalue weighted by Gasteiger charge is -2.19. The molecule has 1 fully saturated rings. The lowest BCUT2D eigenvalue weighted by atomic mass is 10.1. The lowest BCUT2D eigenvalue weighted by Crippen LogP contribution is -2.24. The molecule has 1 amide bonds. The molecule has 92 valence electrons. The Hall–Kier alpha value is -1.51. The van der Waals surface area contributed by atoms with Gasteiger partial charge in [-0.05, 0) is 43.5 Å². The fourth-order valence-electron chi connectivity index (χ4n) is 2.24. The zero-order valence-corrected chi connectivity index (χ0v) is 10.6. The van der Waals surface area contributed by atoms with E-state index in [4.69, 9.17) is 0 Å². The van der Waals surface area contributed by atoms with Crippen LogP contribution in [0.4, 0.5) is 11.4 Å². The minimum atomic E-state index is 0.252. The Balaban J connectivity index is 2.16. The van der Waals surface area contributed by atoms with Crippen LogP contribution >= 0.6 is 0 Å². The van der Waals surface area contributed by atoms with Crippen molar-refractivity contribution >= 4 is 17.3 Å². The molecule has 17 heavy (non-hydrogen) atoms. The molecule has 1 saturated heterocycles. The van der Waals surface area contributed by atoms with Gasteiger partial charge in [-0.2, -0.15) is 0 Å². The SMILES string of the molecule is CCCNc1ccc(N2CCCC2=O)c(C)c1. The van der Waals surface area contributed by atoms with Crippen LogP contribution in [-0.4, -0.2) is 19.0 Å². The van der Waals surface area contributed by atoms with Crippen LogP contribution in [0.1, 0.15) is 31.7 Å². The second-order valence-electron chi connectivity index (χ2n) is 4.58. The van der Waals surface area contributed by atoms with Crippen LogP contribution in [0.5, 0.6) is 0 Å². The highest BCUT2D eigenvalue weighted by molar-refractivity contribution is 5.96. The van der Waals surface area contributed by atoms with Crippen LogP contribution in [0, 0.1) is 6.92 Å². The third kappa shape index (κ3) is 2.60. The van der Waals surface area contributed by atoms with Crippen molar-refractivity contribution in [1.29, 1.82) is 0 Å². The summed E-state index contributed by atoms with van der Waals surface area (Å²) >= 11 is 0. The molecule has 1 N–H and O–H groups in total. The molecule has 3 nitrogen and oxygen atoms in total. The number of nitrogens with zero attached hydrogens (tertiary/aromatic N) is 1. The zero-order chi connectivity index (χ0) is 12.3. The summed E-state index contributed by atoms with van der Waals surface area (Å²) in [5.41, 5.74) is 3.37. The van der Waals surface area contributed by atoms with Gasteiger partial charge >= 0.3 is 0 Å². The summed E-state index contributed by atoms with van der Waals surface area (Å²) < 4.78 is 0. The minimum absolute atomic E-state index is 0.252. The van der Waals surface area contributed by atoms with E-state index in [1.54, 1.807) is 0 Å². The van der Waals surface area contributed by atoms with E-state index < -0.39 is 0 Å². The van der Waals surface area contributed by atoms with Crippen LogP contribution in [0.3, 0.4) is 0 Å². The topological polar surface area (TPSA) is 32.3 Å². The summed E-state index contributed by atoms with van der Waals surface area (Å²) in [7, 11) is 0. The quantitative estimate of drug-likeness (QED) is 0.865. The first kappa shape index (κ1) is 12.0. The number of aryl methyl sites for hydroxylation is 1. The monoisotopic (exact) mass is 232 g/mol. The molecular formula is C14H20N2O. The maximum Gasteiger partial charge on any atom is 0.227 e. The summed E-state index contributed by atoms with van der Waals surface area (Å²) in [6, 6.07) is 6.23. The van der Waals surface area contributed by atoms with Crippen molar-refractivity contribution in [3.8, 4) is 0 Å². The predicted octanol–water partition coefficient (Wildman–Crippen LogP) is 2.94. The average molecular weight is 232 g/mol. The van der Waals surface area contributed by atoms with E-state index in [-0.39, 0.29) is 5.91 Å². The van der Waals surface area contributed by atoms with Crippen molar-refractivity contribution in [2.75, 3.05) is 23.3 Å². The second kappa shape index (κ2) is 5.21. The molecule has 0 radical (unpaired) electrons.